The predicted molar refractivity (Wildman–Crippen MR) is 116 cm³/mol. The first-order chi connectivity index (χ1) is 14.0. The van der Waals surface area contributed by atoms with Gasteiger partial charge in [-0.2, -0.15) is 5.10 Å². The van der Waals surface area contributed by atoms with Gasteiger partial charge < -0.3 is 4.90 Å². The van der Waals surface area contributed by atoms with Crippen molar-refractivity contribution in [3.63, 3.8) is 0 Å². The molecule has 2 aliphatic rings. The highest BCUT2D eigenvalue weighted by Gasteiger charge is 2.45. The third kappa shape index (κ3) is 3.14. The lowest BCUT2D eigenvalue weighted by molar-refractivity contribution is 0.0660. The van der Waals surface area contributed by atoms with Gasteiger partial charge in [0.1, 0.15) is 5.69 Å². The summed E-state index contributed by atoms with van der Waals surface area (Å²) in [5.41, 5.74) is 4.06. The van der Waals surface area contributed by atoms with Crippen LogP contribution < -0.4 is 0 Å². The maximum atomic E-state index is 13.4. The number of amides is 1. The number of hydrogen-bond acceptors (Lipinski definition) is 2. The van der Waals surface area contributed by atoms with Crippen molar-refractivity contribution in [2.24, 2.45) is 0 Å². The fraction of sp³-hybridized carbons (Fsp3) is 0.273. The Morgan fingerprint density at radius 3 is 2.38 bits per heavy atom. The van der Waals surface area contributed by atoms with Crippen LogP contribution in [0.4, 0.5) is 0 Å². The van der Waals surface area contributed by atoms with E-state index in [4.69, 9.17) is 34.8 Å². The van der Waals surface area contributed by atoms with E-state index in [9.17, 15) is 4.79 Å². The lowest BCUT2D eigenvalue weighted by Gasteiger charge is -2.32. The van der Waals surface area contributed by atoms with Gasteiger partial charge in [-0.25, -0.2) is 0 Å². The Morgan fingerprint density at radius 1 is 0.966 bits per heavy atom. The summed E-state index contributed by atoms with van der Waals surface area (Å²) in [6.07, 6.45) is 4.30. The van der Waals surface area contributed by atoms with Crippen LogP contribution in [0.5, 0.6) is 0 Å². The molecule has 1 unspecified atom stereocenters. The van der Waals surface area contributed by atoms with Crippen LogP contribution in [-0.4, -0.2) is 27.0 Å². The van der Waals surface area contributed by atoms with Crippen LogP contribution in [0.1, 0.15) is 53.3 Å². The summed E-state index contributed by atoms with van der Waals surface area (Å²) in [5.74, 6) is -0.00399. The molecule has 1 fully saturated rings. The lowest BCUT2D eigenvalue weighted by Crippen LogP contribution is -2.37. The zero-order valence-electron chi connectivity index (χ0n) is 15.5. The van der Waals surface area contributed by atoms with Gasteiger partial charge in [-0.15, -0.1) is 0 Å². The number of fused-ring (bicyclic) bond motifs is 1. The van der Waals surface area contributed by atoms with Gasteiger partial charge in [0.15, 0.2) is 0 Å². The molecule has 1 saturated carbocycles. The standard InChI is InChI=1S/C22H18Cl3N3O/c23-14-8-5-12(6-9-14)19-18-20(27-26-19)22(29)28(15-3-1-2-4-15)21(18)13-7-10-16(24)17(25)11-13/h5-11,15,21H,1-4H2,(H,26,27). The summed E-state index contributed by atoms with van der Waals surface area (Å²) in [4.78, 5) is 15.4. The Balaban J connectivity index is 1.69. The van der Waals surface area contributed by atoms with E-state index in [1.807, 2.05) is 41.3 Å². The Bertz CT molecular complexity index is 1090. The number of hydrogen-bond donors (Lipinski definition) is 1. The van der Waals surface area contributed by atoms with Gasteiger partial charge in [0.05, 0.1) is 21.8 Å². The van der Waals surface area contributed by atoms with E-state index >= 15 is 0 Å². The molecule has 4 nitrogen and oxygen atoms in total. The van der Waals surface area contributed by atoms with Gasteiger partial charge >= 0.3 is 0 Å². The van der Waals surface area contributed by atoms with Crippen molar-refractivity contribution in [1.82, 2.24) is 15.1 Å². The SMILES string of the molecule is O=C1c2[nH]nc(-c3ccc(Cl)cc3)c2C(c2ccc(Cl)c(Cl)c2)N1C1CCCC1. The fourth-order valence-electron chi connectivity index (χ4n) is 4.56. The molecule has 0 spiro atoms. The Kier molecular flexibility index (Phi) is 4.81. The normalized spacial score (nSPS) is 19.2. The topological polar surface area (TPSA) is 49.0 Å². The van der Waals surface area contributed by atoms with Crippen LogP contribution in [0.25, 0.3) is 11.3 Å². The van der Waals surface area contributed by atoms with E-state index in [0.717, 1.165) is 48.1 Å². The molecule has 2 aromatic carbocycles. The molecular formula is C22H18Cl3N3O. The average Bonchev–Trinajstić information content (AvgIpc) is 3.43. The number of rotatable bonds is 3. The van der Waals surface area contributed by atoms with Crippen LogP contribution in [0.2, 0.25) is 15.1 Å². The van der Waals surface area contributed by atoms with Crippen molar-refractivity contribution in [3.05, 3.63) is 74.4 Å². The molecular weight excluding hydrogens is 429 g/mol. The maximum absolute atomic E-state index is 13.4. The first-order valence-corrected chi connectivity index (χ1v) is 10.8. The van der Waals surface area contributed by atoms with Crippen molar-refractivity contribution in [2.75, 3.05) is 0 Å². The first kappa shape index (κ1) is 19.0. The van der Waals surface area contributed by atoms with Crippen molar-refractivity contribution in [3.8, 4) is 11.3 Å². The second-order valence-corrected chi connectivity index (χ2v) is 8.85. The largest absolute Gasteiger partial charge is 0.323 e. The summed E-state index contributed by atoms with van der Waals surface area (Å²) in [5, 5.41) is 9.12. The van der Waals surface area contributed by atoms with E-state index in [1.165, 1.54) is 0 Å². The highest BCUT2D eigenvalue weighted by atomic mass is 35.5. The summed E-state index contributed by atoms with van der Waals surface area (Å²) in [7, 11) is 0. The molecule has 7 heteroatoms. The van der Waals surface area contributed by atoms with Gasteiger partial charge in [-0.05, 0) is 42.7 Å². The second kappa shape index (κ2) is 7.35. The molecule has 0 radical (unpaired) electrons. The third-order valence-electron chi connectivity index (χ3n) is 5.90. The number of carbonyl (C=O) groups is 1. The number of halogens is 3. The molecule has 1 amide bonds. The Labute approximate surface area is 183 Å². The van der Waals surface area contributed by atoms with Crippen LogP contribution in [0, 0.1) is 0 Å². The monoisotopic (exact) mass is 445 g/mol. The van der Waals surface area contributed by atoms with Crippen molar-refractivity contribution < 1.29 is 4.79 Å². The minimum absolute atomic E-state index is 0.00399. The average molecular weight is 447 g/mol. The smallest absolute Gasteiger partial charge is 0.273 e. The van der Waals surface area contributed by atoms with E-state index in [-0.39, 0.29) is 18.0 Å². The number of nitrogens with zero attached hydrogens (tertiary/aromatic N) is 2. The predicted octanol–water partition coefficient (Wildman–Crippen LogP) is 6.52. The number of nitrogens with one attached hydrogen (secondary N) is 1. The molecule has 2 heterocycles. The number of benzene rings is 2. The summed E-state index contributed by atoms with van der Waals surface area (Å²) in [6.45, 7) is 0. The van der Waals surface area contributed by atoms with E-state index in [2.05, 4.69) is 10.2 Å². The molecule has 29 heavy (non-hydrogen) atoms. The van der Waals surface area contributed by atoms with E-state index < -0.39 is 0 Å². The summed E-state index contributed by atoms with van der Waals surface area (Å²) >= 11 is 18.6. The molecule has 0 saturated heterocycles. The summed E-state index contributed by atoms with van der Waals surface area (Å²) < 4.78 is 0. The Morgan fingerprint density at radius 2 is 1.69 bits per heavy atom. The highest BCUT2D eigenvalue weighted by Crippen LogP contribution is 2.46. The van der Waals surface area contributed by atoms with Crippen LogP contribution in [-0.2, 0) is 0 Å². The minimum atomic E-state index is -0.250. The molecule has 3 aromatic rings. The third-order valence-corrected chi connectivity index (χ3v) is 6.89. The minimum Gasteiger partial charge on any atom is -0.323 e. The van der Waals surface area contributed by atoms with Gasteiger partial charge in [-0.1, -0.05) is 65.8 Å². The first-order valence-electron chi connectivity index (χ1n) is 9.66. The molecule has 1 aromatic heterocycles. The molecule has 1 aliphatic heterocycles. The zero-order valence-corrected chi connectivity index (χ0v) is 17.7. The number of aromatic nitrogens is 2. The Hall–Kier alpha value is -2.01. The van der Waals surface area contributed by atoms with Crippen molar-refractivity contribution in [1.29, 1.82) is 0 Å². The fourth-order valence-corrected chi connectivity index (χ4v) is 4.99. The van der Waals surface area contributed by atoms with Gasteiger partial charge in [0.2, 0.25) is 0 Å². The molecule has 0 bridgehead atoms. The van der Waals surface area contributed by atoms with Crippen LogP contribution >= 0.6 is 34.8 Å². The van der Waals surface area contributed by atoms with E-state index in [0.29, 0.717) is 20.8 Å². The quantitative estimate of drug-likeness (QED) is 0.497. The molecule has 1 aliphatic carbocycles. The highest BCUT2D eigenvalue weighted by molar-refractivity contribution is 6.42. The van der Waals surface area contributed by atoms with Gasteiger partial charge in [-0.3, -0.25) is 9.89 Å². The van der Waals surface area contributed by atoms with Crippen LogP contribution in [0.3, 0.4) is 0 Å². The van der Waals surface area contributed by atoms with Crippen molar-refractivity contribution >= 4 is 40.7 Å². The van der Waals surface area contributed by atoms with E-state index in [1.54, 1.807) is 6.07 Å². The van der Waals surface area contributed by atoms with Gasteiger partial charge in [0, 0.05) is 22.2 Å². The number of carbonyl (C=O) groups excluding carboxylic acids is 1. The summed E-state index contributed by atoms with van der Waals surface area (Å²) in [6, 6.07) is 13.1. The molecule has 1 atom stereocenters. The lowest BCUT2D eigenvalue weighted by atomic mass is 9.95. The second-order valence-electron chi connectivity index (χ2n) is 7.59. The molecule has 148 valence electrons. The maximum Gasteiger partial charge on any atom is 0.273 e. The van der Waals surface area contributed by atoms with Crippen LogP contribution in [0.15, 0.2) is 42.5 Å². The molecule has 1 N–H and O–H groups in total. The van der Waals surface area contributed by atoms with Crippen molar-refractivity contribution in [2.45, 2.75) is 37.8 Å². The zero-order chi connectivity index (χ0) is 20.1. The molecule has 5 rings (SSSR count). The number of aromatic amines is 1. The number of H-pyrrole nitrogens is 1. The van der Waals surface area contributed by atoms with Gasteiger partial charge in [0.25, 0.3) is 5.91 Å².